The molecule has 2 saturated carbocycles. The predicted octanol–water partition coefficient (Wildman–Crippen LogP) is 3.78. The first-order chi connectivity index (χ1) is 10.2. The maximum atomic E-state index is 14.1. The molecule has 2 aliphatic rings. The van der Waals surface area contributed by atoms with Gasteiger partial charge in [0.25, 0.3) is 0 Å². The third-order valence-corrected chi connectivity index (χ3v) is 5.36. The molecule has 0 saturated heterocycles. The Labute approximate surface area is 123 Å². The lowest BCUT2D eigenvalue weighted by atomic mass is 9.84. The van der Waals surface area contributed by atoms with Crippen LogP contribution in [0.4, 0.5) is 10.2 Å². The zero-order valence-corrected chi connectivity index (χ0v) is 12.0. The minimum Gasteiger partial charge on any atom is -0.382 e. The number of fused-ring (bicyclic) bond motifs is 2. The van der Waals surface area contributed by atoms with Crippen LogP contribution in [-0.4, -0.2) is 10.2 Å². The molecule has 3 nitrogen and oxygen atoms in total. The third kappa shape index (κ3) is 2.13. The van der Waals surface area contributed by atoms with E-state index in [1.165, 1.54) is 31.7 Å². The molecule has 0 spiro atoms. The van der Waals surface area contributed by atoms with Gasteiger partial charge in [0, 0.05) is 16.8 Å². The number of rotatable bonds is 3. The van der Waals surface area contributed by atoms with Gasteiger partial charge >= 0.3 is 0 Å². The molecule has 1 aromatic heterocycles. The van der Waals surface area contributed by atoms with E-state index in [1.54, 1.807) is 12.1 Å². The van der Waals surface area contributed by atoms with Crippen LogP contribution in [0.1, 0.15) is 31.4 Å². The summed E-state index contributed by atoms with van der Waals surface area (Å²) in [7, 11) is 0. The first-order valence-electron chi connectivity index (χ1n) is 7.80. The zero-order valence-electron chi connectivity index (χ0n) is 12.0. The van der Waals surface area contributed by atoms with Gasteiger partial charge in [0.2, 0.25) is 0 Å². The molecule has 2 aliphatic carbocycles. The van der Waals surface area contributed by atoms with Crippen LogP contribution in [-0.2, 0) is 6.42 Å². The molecule has 2 bridgehead atoms. The van der Waals surface area contributed by atoms with E-state index in [4.69, 9.17) is 5.73 Å². The Morgan fingerprint density at radius 1 is 1.24 bits per heavy atom. The fourth-order valence-electron chi connectivity index (χ4n) is 4.39. The lowest BCUT2D eigenvalue weighted by Crippen LogP contribution is -2.14. The second-order valence-corrected chi connectivity index (χ2v) is 6.58. The van der Waals surface area contributed by atoms with Crippen LogP contribution >= 0.6 is 0 Å². The van der Waals surface area contributed by atoms with Gasteiger partial charge in [0.05, 0.1) is 0 Å². The number of aromatic nitrogens is 2. The quantitative estimate of drug-likeness (QED) is 0.901. The van der Waals surface area contributed by atoms with Gasteiger partial charge in [-0.3, -0.25) is 5.10 Å². The van der Waals surface area contributed by atoms with Crippen LogP contribution in [0.15, 0.2) is 24.3 Å². The number of nitrogens with zero attached hydrogens (tertiary/aromatic N) is 1. The number of benzene rings is 1. The molecule has 2 fully saturated rings. The lowest BCUT2D eigenvalue weighted by Gasteiger charge is -2.21. The van der Waals surface area contributed by atoms with Crippen molar-refractivity contribution in [1.29, 1.82) is 0 Å². The molecule has 2 aromatic rings. The molecule has 3 atom stereocenters. The minimum absolute atomic E-state index is 0.236. The van der Waals surface area contributed by atoms with E-state index >= 15 is 0 Å². The van der Waals surface area contributed by atoms with Crippen LogP contribution in [0.3, 0.4) is 0 Å². The fourth-order valence-corrected chi connectivity index (χ4v) is 4.39. The van der Waals surface area contributed by atoms with Crippen LogP contribution in [0.25, 0.3) is 11.1 Å². The first-order valence-corrected chi connectivity index (χ1v) is 7.80. The number of nitrogens with two attached hydrogens (primary N) is 1. The Morgan fingerprint density at radius 2 is 2.10 bits per heavy atom. The van der Waals surface area contributed by atoms with Gasteiger partial charge in [0.15, 0.2) is 5.82 Å². The summed E-state index contributed by atoms with van der Waals surface area (Å²) in [6, 6.07) is 6.79. The Morgan fingerprint density at radius 3 is 2.81 bits per heavy atom. The smallest absolute Gasteiger partial charge is 0.153 e. The van der Waals surface area contributed by atoms with Crippen LogP contribution in [0, 0.1) is 23.6 Å². The summed E-state index contributed by atoms with van der Waals surface area (Å²) in [5.41, 5.74) is 8.30. The second-order valence-electron chi connectivity index (χ2n) is 6.58. The summed E-state index contributed by atoms with van der Waals surface area (Å²) >= 11 is 0. The summed E-state index contributed by atoms with van der Waals surface area (Å²) < 4.78 is 14.1. The Balaban J connectivity index is 1.66. The molecule has 110 valence electrons. The molecule has 0 aliphatic heterocycles. The maximum absolute atomic E-state index is 14.1. The highest BCUT2D eigenvalue weighted by Gasteiger charge is 2.39. The molecule has 4 rings (SSSR count). The van der Waals surface area contributed by atoms with Crippen molar-refractivity contribution in [3.05, 3.63) is 35.8 Å². The molecule has 0 amide bonds. The Bertz CT molecular complexity index is 664. The highest BCUT2D eigenvalue weighted by Crippen LogP contribution is 2.50. The van der Waals surface area contributed by atoms with Gasteiger partial charge < -0.3 is 5.73 Å². The summed E-state index contributed by atoms with van der Waals surface area (Å²) in [4.78, 5) is 0. The average Bonchev–Trinajstić information content (AvgIpc) is 3.17. The average molecular weight is 285 g/mol. The van der Waals surface area contributed by atoms with Crippen molar-refractivity contribution in [1.82, 2.24) is 10.2 Å². The first kappa shape index (κ1) is 12.9. The fraction of sp³-hybridized carbons (Fsp3) is 0.471. The summed E-state index contributed by atoms with van der Waals surface area (Å²) in [6.45, 7) is 0. The van der Waals surface area contributed by atoms with E-state index in [2.05, 4.69) is 10.2 Å². The largest absolute Gasteiger partial charge is 0.382 e. The van der Waals surface area contributed by atoms with E-state index < -0.39 is 0 Å². The summed E-state index contributed by atoms with van der Waals surface area (Å²) in [5.74, 6) is 2.62. The normalized spacial score (nSPS) is 27.4. The molecular weight excluding hydrogens is 265 g/mol. The monoisotopic (exact) mass is 285 g/mol. The predicted molar refractivity (Wildman–Crippen MR) is 81.0 cm³/mol. The van der Waals surface area contributed by atoms with Crippen LogP contribution < -0.4 is 5.73 Å². The van der Waals surface area contributed by atoms with Crippen molar-refractivity contribution in [3.8, 4) is 11.1 Å². The van der Waals surface area contributed by atoms with Gasteiger partial charge in [-0.1, -0.05) is 24.6 Å². The molecule has 21 heavy (non-hydrogen) atoms. The van der Waals surface area contributed by atoms with Gasteiger partial charge in [-0.2, -0.15) is 5.10 Å². The molecule has 3 N–H and O–H groups in total. The number of hydrogen-bond donors (Lipinski definition) is 2. The van der Waals surface area contributed by atoms with Crippen LogP contribution in [0.5, 0.6) is 0 Å². The molecular formula is C17H20FN3. The van der Waals surface area contributed by atoms with Gasteiger partial charge in [-0.05, 0) is 49.5 Å². The van der Waals surface area contributed by atoms with E-state index in [9.17, 15) is 4.39 Å². The highest BCUT2D eigenvalue weighted by atomic mass is 19.1. The topological polar surface area (TPSA) is 54.7 Å². The number of nitrogens with one attached hydrogen (secondary N) is 1. The standard InChI is InChI=1S/C17H20FN3/c18-14-4-2-1-3-13(14)16-15(20-21-17(16)19)9-12-8-10-5-6-11(12)7-10/h1-4,10-12H,5-9H2,(H3,19,20,21). The van der Waals surface area contributed by atoms with Gasteiger partial charge in [-0.25, -0.2) is 4.39 Å². The number of H-pyrrole nitrogens is 1. The van der Waals surface area contributed by atoms with Crippen molar-refractivity contribution >= 4 is 5.82 Å². The van der Waals surface area contributed by atoms with E-state index in [-0.39, 0.29) is 5.82 Å². The van der Waals surface area contributed by atoms with E-state index in [0.29, 0.717) is 17.3 Å². The van der Waals surface area contributed by atoms with Crippen molar-refractivity contribution in [2.45, 2.75) is 32.1 Å². The van der Waals surface area contributed by atoms with Crippen molar-refractivity contribution in [3.63, 3.8) is 0 Å². The van der Waals surface area contributed by atoms with Crippen molar-refractivity contribution < 1.29 is 4.39 Å². The number of nitrogen functional groups attached to an aromatic ring is 1. The Hall–Kier alpha value is -1.84. The number of halogens is 1. The number of hydrogen-bond acceptors (Lipinski definition) is 2. The van der Waals surface area contributed by atoms with Crippen molar-refractivity contribution in [2.24, 2.45) is 17.8 Å². The SMILES string of the molecule is Nc1n[nH]c(CC2CC3CCC2C3)c1-c1ccccc1F. The zero-order chi connectivity index (χ0) is 14.4. The second kappa shape index (κ2) is 4.86. The molecule has 4 heteroatoms. The third-order valence-electron chi connectivity index (χ3n) is 5.36. The molecule has 0 radical (unpaired) electrons. The maximum Gasteiger partial charge on any atom is 0.153 e. The van der Waals surface area contributed by atoms with Crippen LogP contribution in [0.2, 0.25) is 0 Å². The van der Waals surface area contributed by atoms with E-state index in [1.807, 2.05) is 6.07 Å². The highest BCUT2D eigenvalue weighted by molar-refractivity contribution is 5.76. The summed E-state index contributed by atoms with van der Waals surface area (Å²) in [6.07, 6.45) is 6.37. The van der Waals surface area contributed by atoms with E-state index in [0.717, 1.165) is 29.5 Å². The number of aromatic amines is 1. The Kier molecular flexibility index (Phi) is 2.98. The van der Waals surface area contributed by atoms with Gasteiger partial charge in [-0.15, -0.1) is 0 Å². The molecule has 1 aromatic carbocycles. The molecule has 1 heterocycles. The van der Waals surface area contributed by atoms with Crippen molar-refractivity contribution in [2.75, 3.05) is 5.73 Å². The molecule has 3 unspecified atom stereocenters. The van der Waals surface area contributed by atoms with Gasteiger partial charge in [0.1, 0.15) is 5.82 Å². The minimum atomic E-state index is -0.236. The number of anilines is 1. The summed E-state index contributed by atoms with van der Waals surface area (Å²) in [5, 5.41) is 7.17. The lowest BCUT2D eigenvalue weighted by molar-refractivity contribution is 0.329.